The monoisotopic (exact) mass is 288 g/mol. The lowest BCUT2D eigenvalue weighted by Gasteiger charge is -2.13. The number of hydrogen-bond acceptors (Lipinski definition) is 5. The zero-order valence-corrected chi connectivity index (χ0v) is 12.0. The summed E-state index contributed by atoms with van der Waals surface area (Å²) in [7, 11) is 0. The average Bonchev–Trinajstić information content (AvgIpc) is 2.79. The van der Waals surface area contributed by atoms with Gasteiger partial charge in [0, 0.05) is 5.69 Å². The topological polar surface area (TPSA) is 81.4 Å². The Balaban J connectivity index is 1.99. The molecule has 0 spiro atoms. The number of esters is 1. The maximum absolute atomic E-state index is 12.0. The number of amides is 1. The number of rotatable bonds is 4. The molecule has 1 atom stereocenters. The molecule has 1 aromatic heterocycles. The Kier molecular flexibility index (Phi) is 4.37. The molecule has 6 nitrogen and oxygen atoms in total. The van der Waals surface area contributed by atoms with Gasteiger partial charge in [-0.15, -0.1) is 0 Å². The second-order valence-electron chi connectivity index (χ2n) is 4.60. The van der Waals surface area contributed by atoms with Crippen molar-refractivity contribution < 1.29 is 18.8 Å². The first-order chi connectivity index (χ1) is 9.99. The van der Waals surface area contributed by atoms with Gasteiger partial charge in [0.2, 0.25) is 0 Å². The number of para-hydroxylation sites is 1. The van der Waals surface area contributed by atoms with Crippen molar-refractivity contribution in [2.24, 2.45) is 0 Å². The molecule has 110 valence electrons. The molecule has 1 heterocycles. The number of hydrogen-bond donors (Lipinski definition) is 1. The summed E-state index contributed by atoms with van der Waals surface area (Å²) < 4.78 is 10.0. The maximum Gasteiger partial charge on any atom is 0.344 e. The molecule has 6 heteroatoms. The Hall–Kier alpha value is -2.63. The van der Waals surface area contributed by atoms with Gasteiger partial charge in [-0.1, -0.05) is 23.4 Å². The summed E-state index contributed by atoms with van der Waals surface area (Å²) >= 11 is 0. The van der Waals surface area contributed by atoms with Crippen LogP contribution in [0.4, 0.5) is 5.69 Å². The van der Waals surface area contributed by atoms with Crippen LogP contribution < -0.4 is 5.32 Å². The molecule has 0 unspecified atom stereocenters. The highest BCUT2D eigenvalue weighted by Gasteiger charge is 2.24. The van der Waals surface area contributed by atoms with E-state index in [0.717, 1.165) is 0 Å². The first-order valence-corrected chi connectivity index (χ1v) is 6.49. The average molecular weight is 288 g/mol. The molecule has 0 radical (unpaired) electrons. The molecule has 2 aromatic rings. The predicted octanol–water partition coefficient (Wildman–Crippen LogP) is 2.48. The van der Waals surface area contributed by atoms with Crippen molar-refractivity contribution in [1.29, 1.82) is 0 Å². The van der Waals surface area contributed by atoms with Crippen LogP contribution in [0.1, 0.15) is 28.7 Å². The second-order valence-corrected chi connectivity index (χ2v) is 4.60. The number of carbonyl (C=O) groups is 2. The summed E-state index contributed by atoms with van der Waals surface area (Å²) in [6, 6.07) is 8.95. The second kappa shape index (κ2) is 6.21. The van der Waals surface area contributed by atoms with Gasteiger partial charge in [0.1, 0.15) is 11.3 Å². The smallest absolute Gasteiger partial charge is 0.344 e. The Labute approximate surface area is 122 Å². The molecule has 1 aromatic carbocycles. The number of anilines is 1. The van der Waals surface area contributed by atoms with E-state index in [4.69, 9.17) is 9.26 Å². The van der Waals surface area contributed by atoms with Crippen LogP contribution in [0, 0.1) is 13.8 Å². The van der Waals surface area contributed by atoms with E-state index in [9.17, 15) is 9.59 Å². The normalized spacial score (nSPS) is 11.8. The van der Waals surface area contributed by atoms with Crippen LogP contribution in [-0.2, 0) is 9.53 Å². The summed E-state index contributed by atoms with van der Waals surface area (Å²) in [6.07, 6.45) is -0.925. The summed E-state index contributed by atoms with van der Waals surface area (Å²) in [6.45, 7) is 4.77. The van der Waals surface area contributed by atoms with Crippen LogP contribution in [0.25, 0.3) is 0 Å². The molecule has 2 rings (SSSR count). The van der Waals surface area contributed by atoms with Gasteiger partial charge in [0.05, 0.1) is 5.69 Å². The molecule has 1 amide bonds. The molecular weight excluding hydrogens is 272 g/mol. The van der Waals surface area contributed by atoms with E-state index in [2.05, 4.69) is 10.5 Å². The van der Waals surface area contributed by atoms with Gasteiger partial charge in [-0.05, 0) is 32.9 Å². The minimum Gasteiger partial charge on any atom is -0.449 e. The first-order valence-electron chi connectivity index (χ1n) is 6.49. The molecule has 0 aliphatic rings. The molecule has 0 bridgehead atoms. The van der Waals surface area contributed by atoms with E-state index in [-0.39, 0.29) is 5.56 Å². The molecule has 0 aliphatic heterocycles. The highest BCUT2D eigenvalue weighted by atomic mass is 16.5. The highest BCUT2D eigenvalue weighted by molar-refractivity contribution is 5.97. The fourth-order valence-corrected chi connectivity index (χ4v) is 1.81. The van der Waals surface area contributed by atoms with E-state index in [1.807, 2.05) is 6.07 Å². The van der Waals surface area contributed by atoms with Crippen LogP contribution >= 0.6 is 0 Å². The molecule has 0 saturated heterocycles. The summed E-state index contributed by atoms with van der Waals surface area (Å²) in [5.74, 6) is -0.656. The molecular formula is C15H16N2O4. The van der Waals surface area contributed by atoms with E-state index in [1.165, 1.54) is 6.92 Å². The highest BCUT2D eigenvalue weighted by Crippen LogP contribution is 2.15. The SMILES string of the molecule is Cc1noc(C)c1C(=O)O[C@H](C)C(=O)Nc1ccccc1. The third-order valence-electron chi connectivity index (χ3n) is 2.93. The quantitative estimate of drug-likeness (QED) is 0.874. The van der Waals surface area contributed by atoms with Crippen LogP contribution in [0.3, 0.4) is 0 Å². The van der Waals surface area contributed by atoms with Gasteiger partial charge in [-0.25, -0.2) is 4.79 Å². The fraction of sp³-hybridized carbons (Fsp3) is 0.267. The van der Waals surface area contributed by atoms with Crippen molar-refractivity contribution in [1.82, 2.24) is 5.16 Å². The van der Waals surface area contributed by atoms with Crippen LogP contribution in [-0.4, -0.2) is 23.1 Å². The van der Waals surface area contributed by atoms with Crippen LogP contribution in [0.15, 0.2) is 34.9 Å². The maximum atomic E-state index is 12.0. The molecule has 21 heavy (non-hydrogen) atoms. The number of ether oxygens (including phenoxy) is 1. The lowest BCUT2D eigenvalue weighted by atomic mass is 10.2. The van der Waals surface area contributed by atoms with Crippen molar-refractivity contribution in [3.63, 3.8) is 0 Å². The summed E-state index contributed by atoms with van der Waals surface area (Å²) in [4.78, 5) is 24.0. The van der Waals surface area contributed by atoms with E-state index < -0.39 is 18.0 Å². The Morgan fingerprint density at radius 1 is 1.24 bits per heavy atom. The van der Waals surface area contributed by atoms with Gasteiger partial charge in [-0.3, -0.25) is 4.79 Å². The zero-order chi connectivity index (χ0) is 15.4. The van der Waals surface area contributed by atoms with Gasteiger partial charge < -0.3 is 14.6 Å². The van der Waals surface area contributed by atoms with Crippen molar-refractivity contribution >= 4 is 17.6 Å². The number of aryl methyl sites for hydroxylation is 2. The van der Waals surface area contributed by atoms with Crippen molar-refractivity contribution in [2.45, 2.75) is 26.9 Å². The lowest BCUT2D eigenvalue weighted by molar-refractivity contribution is -0.123. The number of carbonyl (C=O) groups excluding carboxylic acids is 2. The largest absolute Gasteiger partial charge is 0.449 e. The third-order valence-corrected chi connectivity index (χ3v) is 2.93. The number of benzene rings is 1. The minimum absolute atomic E-state index is 0.259. The van der Waals surface area contributed by atoms with Gasteiger partial charge in [-0.2, -0.15) is 0 Å². The van der Waals surface area contributed by atoms with E-state index in [0.29, 0.717) is 17.1 Å². The first kappa shape index (κ1) is 14.8. The van der Waals surface area contributed by atoms with Crippen molar-refractivity contribution in [2.75, 3.05) is 5.32 Å². The Bertz CT molecular complexity index is 629. The van der Waals surface area contributed by atoms with Crippen LogP contribution in [0.2, 0.25) is 0 Å². The lowest BCUT2D eigenvalue weighted by Crippen LogP contribution is -2.30. The zero-order valence-electron chi connectivity index (χ0n) is 12.0. The molecule has 0 fully saturated rings. The fourth-order valence-electron chi connectivity index (χ4n) is 1.81. The molecule has 0 aliphatic carbocycles. The van der Waals surface area contributed by atoms with Crippen LogP contribution in [0.5, 0.6) is 0 Å². The van der Waals surface area contributed by atoms with E-state index in [1.54, 1.807) is 38.1 Å². The Morgan fingerprint density at radius 3 is 2.48 bits per heavy atom. The number of nitrogens with zero attached hydrogens (tertiary/aromatic N) is 1. The Morgan fingerprint density at radius 2 is 1.90 bits per heavy atom. The predicted molar refractivity (Wildman–Crippen MR) is 75.9 cm³/mol. The van der Waals surface area contributed by atoms with Gasteiger partial charge in [0.15, 0.2) is 6.10 Å². The number of nitrogens with one attached hydrogen (secondary N) is 1. The minimum atomic E-state index is -0.925. The summed E-state index contributed by atoms with van der Waals surface area (Å²) in [5.41, 5.74) is 1.34. The van der Waals surface area contributed by atoms with E-state index >= 15 is 0 Å². The van der Waals surface area contributed by atoms with Gasteiger partial charge >= 0.3 is 5.97 Å². The van der Waals surface area contributed by atoms with Crippen molar-refractivity contribution in [3.05, 3.63) is 47.3 Å². The number of aromatic nitrogens is 1. The summed E-state index contributed by atoms with van der Waals surface area (Å²) in [5, 5.41) is 6.35. The third kappa shape index (κ3) is 3.47. The molecule has 0 saturated carbocycles. The standard InChI is InChI=1S/C15H16N2O4/c1-9-13(10(2)21-17-9)15(19)20-11(3)14(18)16-12-7-5-4-6-8-12/h4-8,11H,1-3H3,(H,16,18)/t11-/m1/s1. The molecule has 1 N–H and O–H groups in total. The van der Waals surface area contributed by atoms with Gasteiger partial charge in [0.25, 0.3) is 5.91 Å². The van der Waals surface area contributed by atoms with Crippen molar-refractivity contribution in [3.8, 4) is 0 Å².